The molecule has 1 aliphatic heterocycles. The van der Waals surface area contributed by atoms with E-state index in [0.717, 1.165) is 44.2 Å². The van der Waals surface area contributed by atoms with Gasteiger partial charge in [0.25, 0.3) is 0 Å². The summed E-state index contributed by atoms with van der Waals surface area (Å²) in [7, 11) is 0. The highest BCUT2D eigenvalue weighted by Crippen LogP contribution is 2.17. The van der Waals surface area contributed by atoms with Crippen LogP contribution >= 0.6 is 0 Å². The summed E-state index contributed by atoms with van der Waals surface area (Å²) in [4.78, 5) is 9.77. The molecule has 0 atom stereocenters. The van der Waals surface area contributed by atoms with Crippen molar-refractivity contribution in [1.29, 1.82) is 0 Å². The number of hydrogen-bond acceptors (Lipinski definition) is 4. The maximum atomic E-state index is 4.81. The molecule has 0 radical (unpaired) electrons. The van der Waals surface area contributed by atoms with Gasteiger partial charge in [-0.25, -0.2) is 4.98 Å². The number of hydrogen-bond donors (Lipinski definition) is 1. The first-order valence-electron chi connectivity index (χ1n) is 8.27. The Morgan fingerprint density at radius 3 is 2.48 bits per heavy atom. The van der Waals surface area contributed by atoms with Crippen LogP contribution in [-0.2, 0) is 6.54 Å². The van der Waals surface area contributed by atoms with E-state index in [1.165, 1.54) is 18.5 Å². The SMILES string of the molecule is CCCN1CCN(c2ccc(CNC(C)C)c(C)n2)CC1. The van der Waals surface area contributed by atoms with E-state index < -0.39 is 0 Å². The van der Waals surface area contributed by atoms with Crippen LogP contribution in [0.5, 0.6) is 0 Å². The Kier molecular flexibility index (Phi) is 6.00. The number of pyridine rings is 1. The minimum Gasteiger partial charge on any atom is -0.354 e. The second-order valence-corrected chi connectivity index (χ2v) is 6.28. The zero-order valence-electron chi connectivity index (χ0n) is 14.0. The van der Waals surface area contributed by atoms with E-state index in [2.05, 4.69) is 54.9 Å². The summed E-state index contributed by atoms with van der Waals surface area (Å²) in [5.74, 6) is 1.14. The van der Waals surface area contributed by atoms with Gasteiger partial charge in [-0.1, -0.05) is 26.8 Å². The lowest BCUT2D eigenvalue weighted by atomic mass is 10.2. The van der Waals surface area contributed by atoms with Gasteiger partial charge in [-0.3, -0.25) is 4.90 Å². The van der Waals surface area contributed by atoms with Crippen LogP contribution in [0.15, 0.2) is 12.1 Å². The third kappa shape index (κ3) is 4.68. The number of aryl methyl sites for hydroxylation is 1. The van der Waals surface area contributed by atoms with E-state index in [9.17, 15) is 0 Å². The van der Waals surface area contributed by atoms with Crippen LogP contribution in [0.25, 0.3) is 0 Å². The Hall–Kier alpha value is -1.13. The van der Waals surface area contributed by atoms with Crippen LogP contribution in [0, 0.1) is 6.92 Å². The van der Waals surface area contributed by atoms with E-state index in [1.807, 2.05) is 0 Å². The molecule has 0 bridgehead atoms. The summed E-state index contributed by atoms with van der Waals surface area (Å²) in [6.07, 6.45) is 1.24. The second-order valence-electron chi connectivity index (χ2n) is 6.28. The molecule has 21 heavy (non-hydrogen) atoms. The average molecular weight is 290 g/mol. The Labute approximate surface area is 129 Å². The Morgan fingerprint density at radius 1 is 1.19 bits per heavy atom. The van der Waals surface area contributed by atoms with Gasteiger partial charge in [0.05, 0.1) is 0 Å². The summed E-state index contributed by atoms with van der Waals surface area (Å²) in [6, 6.07) is 4.92. The highest BCUT2D eigenvalue weighted by atomic mass is 15.3. The molecule has 1 aliphatic rings. The van der Waals surface area contributed by atoms with Crippen LogP contribution in [0.1, 0.15) is 38.4 Å². The van der Waals surface area contributed by atoms with Gasteiger partial charge >= 0.3 is 0 Å². The van der Waals surface area contributed by atoms with Crippen molar-refractivity contribution in [2.24, 2.45) is 0 Å². The smallest absolute Gasteiger partial charge is 0.128 e. The summed E-state index contributed by atoms with van der Waals surface area (Å²) in [6.45, 7) is 15.3. The summed E-state index contributed by atoms with van der Waals surface area (Å²) in [5.41, 5.74) is 2.45. The standard InChI is InChI=1S/C17H30N4/c1-5-8-20-9-11-21(12-10-20)17-7-6-16(15(4)19-17)13-18-14(2)3/h6-7,14,18H,5,8-13H2,1-4H3. The van der Waals surface area contributed by atoms with Gasteiger partial charge < -0.3 is 10.2 Å². The van der Waals surface area contributed by atoms with Gasteiger partial charge in [-0.2, -0.15) is 0 Å². The minimum absolute atomic E-state index is 0.510. The fraction of sp³-hybridized carbons (Fsp3) is 0.706. The van der Waals surface area contributed by atoms with E-state index in [4.69, 9.17) is 4.98 Å². The topological polar surface area (TPSA) is 31.4 Å². The Balaban J connectivity index is 1.94. The lowest BCUT2D eigenvalue weighted by Crippen LogP contribution is -2.46. The molecule has 0 aliphatic carbocycles. The fourth-order valence-electron chi connectivity index (χ4n) is 2.77. The zero-order chi connectivity index (χ0) is 15.2. The lowest BCUT2D eigenvalue weighted by Gasteiger charge is -2.35. The van der Waals surface area contributed by atoms with Gasteiger partial charge in [-0.15, -0.1) is 0 Å². The monoisotopic (exact) mass is 290 g/mol. The molecule has 1 aromatic heterocycles. The van der Waals surface area contributed by atoms with E-state index in [1.54, 1.807) is 0 Å². The van der Waals surface area contributed by atoms with Crippen molar-refractivity contribution in [2.75, 3.05) is 37.6 Å². The van der Waals surface area contributed by atoms with E-state index in [-0.39, 0.29) is 0 Å². The predicted octanol–water partition coefficient (Wildman–Crippen LogP) is 2.42. The third-order valence-electron chi connectivity index (χ3n) is 4.12. The quantitative estimate of drug-likeness (QED) is 0.872. The lowest BCUT2D eigenvalue weighted by molar-refractivity contribution is 0.258. The number of aromatic nitrogens is 1. The molecule has 0 saturated carbocycles. The molecule has 2 heterocycles. The third-order valence-corrected chi connectivity index (χ3v) is 4.12. The molecular formula is C17H30N4. The van der Waals surface area contributed by atoms with Gasteiger partial charge in [0.1, 0.15) is 5.82 Å². The van der Waals surface area contributed by atoms with Gasteiger partial charge in [0, 0.05) is 44.5 Å². The molecule has 0 spiro atoms. The Bertz CT molecular complexity index is 436. The first-order chi connectivity index (χ1) is 10.1. The fourth-order valence-corrected chi connectivity index (χ4v) is 2.77. The number of nitrogens with zero attached hydrogens (tertiary/aromatic N) is 3. The van der Waals surface area contributed by atoms with E-state index >= 15 is 0 Å². The van der Waals surface area contributed by atoms with Crippen molar-refractivity contribution >= 4 is 5.82 Å². The Morgan fingerprint density at radius 2 is 1.90 bits per heavy atom. The highest BCUT2D eigenvalue weighted by molar-refractivity contribution is 5.42. The first kappa shape index (κ1) is 16.2. The number of anilines is 1. The number of piperazine rings is 1. The summed E-state index contributed by atoms with van der Waals surface area (Å²) in [5, 5.41) is 3.46. The highest BCUT2D eigenvalue weighted by Gasteiger charge is 2.17. The molecule has 1 N–H and O–H groups in total. The molecule has 4 heteroatoms. The van der Waals surface area contributed by atoms with Crippen molar-refractivity contribution in [3.8, 4) is 0 Å². The normalized spacial score (nSPS) is 16.7. The van der Waals surface area contributed by atoms with Crippen LogP contribution < -0.4 is 10.2 Å². The number of nitrogens with one attached hydrogen (secondary N) is 1. The first-order valence-corrected chi connectivity index (χ1v) is 8.27. The molecule has 2 rings (SSSR count). The molecule has 1 fully saturated rings. The van der Waals surface area contributed by atoms with Crippen LogP contribution in [0.3, 0.4) is 0 Å². The van der Waals surface area contributed by atoms with Crippen LogP contribution in [0.2, 0.25) is 0 Å². The minimum atomic E-state index is 0.510. The average Bonchev–Trinajstić information content (AvgIpc) is 2.47. The van der Waals surface area contributed by atoms with Gasteiger partial charge in [0.2, 0.25) is 0 Å². The molecule has 118 valence electrons. The van der Waals surface area contributed by atoms with Gasteiger partial charge in [0.15, 0.2) is 0 Å². The molecule has 0 amide bonds. The molecule has 1 saturated heterocycles. The molecular weight excluding hydrogens is 260 g/mol. The largest absolute Gasteiger partial charge is 0.354 e. The van der Waals surface area contributed by atoms with Crippen molar-refractivity contribution in [1.82, 2.24) is 15.2 Å². The van der Waals surface area contributed by atoms with Crippen molar-refractivity contribution in [2.45, 2.75) is 46.7 Å². The zero-order valence-corrected chi connectivity index (χ0v) is 14.0. The van der Waals surface area contributed by atoms with Crippen molar-refractivity contribution in [3.63, 3.8) is 0 Å². The molecule has 1 aromatic rings. The summed E-state index contributed by atoms with van der Waals surface area (Å²) >= 11 is 0. The number of rotatable bonds is 6. The van der Waals surface area contributed by atoms with Crippen LogP contribution in [-0.4, -0.2) is 48.6 Å². The van der Waals surface area contributed by atoms with Crippen molar-refractivity contribution in [3.05, 3.63) is 23.4 Å². The molecule has 4 nitrogen and oxygen atoms in total. The van der Waals surface area contributed by atoms with E-state index in [0.29, 0.717) is 6.04 Å². The maximum Gasteiger partial charge on any atom is 0.128 e. The van der Waals surface area contributed by atoms with Gasteiger partial charge in [-0.05, 0) is 31.5 Å². The molecule has 0 unspecified atom stereocenters. The van der Waals surface area contributed by atoms with Crippen molar-refractivity contribution < 1.29 is 0 Å². The molecule has 0 aromatic carbocycles. The predicted molar refractivity (Wildman–Crippen MR) is 89.9 cm³/mol. The van der Waals surface area contributed by atoms with Crippen LogP contribution in [0.4, 0.5) is 5.82 Å². The summed E-state index contributed by atoms with van der Waals surface area (Å²) < 4.78 is 0. The second kappa shape index (κ2) is 7.76. The maximum absolute atomic E-state index is 4.81.